The first-order chi connectivity index (χ1) is 5.90. The van der Waals surface area contributed by atoms with Gasteiger partial charge in [-0.25, -0.2) is 14.4 Å². The fourth-order valence-electron chi connectivity index (χ4n) is 0.143. The molecule has 0 saturated heterocycles. The Kier molecular flexibility index (Phi) is 15.8. The van der Waals surface area contributed by atoms with Crippen LogP contribution >= 0.6 is 0 Å². The van der Waals surface area contributed by atoms with Crippen LogP contribution in [0.15, 0.2) is 24.8 Å². The number of carbonyl (C=O) groups is 3. The van der Waals surface area contributed by atoms with Gasteiger partial charge < -0.3 is 15.3 Å². The predicted octanol–water partition coefficient (Wildman–Crippen LogP) is -0.412. The Morgan fingerprint density at radius 1 is 0.857 bits per heavy atom. The second-order valence-corrected chi connectivity index (χ2v) is 1.55. The normalized spacial score (nSPS) is 7.71. The Morgan fingerprint density at radius 3 is 1.14 bits per heavy atom. The van der Waals surface area contributed by atoms with E-state index in [1.807, 2.05) is 0 Å². The molecular formula is C7H8NaO6. The molecule has 0 aromatic carbocycles. The van der Waals surface area contributed by atoms with Crippen LogP contribution in [0.5, 0.6) is 0 Å². The van der Waals surface area contributed by atoms with Crippen molar-refractivity contribution in [1.82, 2.24) is 0 Å². The second-order valence-electron chi connectivity index (χ2n) is 1.55. The molecule has 6 nitrogen and oxygen atoms in total. The van der Waals surface area contributed by atoms with Crippen LogP contribution in [0.2, 0.25) is 0 Å². The quantitative estimate of drug-likeness (QED) is 0.432. The summed E-state index contributed by atoms with van der Waals surface area (Å²) in [6.07, 6.45) is 1.95. The molecule has 0 saturated carbocycles. The summed E-state index contributed by atoms with van der Waals surface area (Å²) < 4.78 is 0. The van der Waals surface area contributed by atoms with E-state index in [9.17, 15) is 14.4 Å². The van der Waals surface area contributed by atoms with Gasteiger partial charge in [-0.05, 0) is 0 Å². The van der Waals surface area contributed by atoms with Crippen LogP contribution in [0.3, 0.4) is 0 Å². The molecule has 0 spiro atoms. The van der Waals surface area contributed by atoms with Gasteiger partial charge in [0.2, 0.25) is 0 Å². The number of carboxylic acids is 3. The standard InChI is InChI=1S/C4H4O4.C3H4O2.Na/c5-3(6)1-2-4(7)8;1-2-3(4)5;/h1-2H,(H,5,6)(H,7,8);2H,1H2,(H,4,5);/b2-1-;;. The number of rotatable bonds is 3. The van der Waals surface area contributed by atoms with Crippen LogP contribution in [0, 0.1) is 0 Å². The van der Waals surface area contributed by atoms with Crippen molar-refractivity contribution in [3.63, 3.8) is 0 Å². The van der Waals surface area contributed by atoms with Crippen LogP contribution in [0.1, 0.15) is 0 Å². The molecule has 7 heteroatoms. The van der Waals surface area contributed by atoms with Gasteiger partial charge in [0.25, 0.3) is 0 Å². The average Bonchev–Trinajstić information content (AvgIpc) is 2.02. The van der Waals surface area contributed by atoms with Gasteiger partial charge in [-0.2, -0.15) is 0 Å². The molecule has 0 fully saturated rings. The Balaban J connectivity index is -0.000000177. The zero-order chi connectivity index (χ0) is 10.9. The summed E-state index contributed by atoms with van der Waals surface area (Å²) in [6.45, 7) is 2.96. The zero-order valence-electron chi connectivity index (χ0n) is 7.51. The molecule has 0 bridgehead atoms. The predicted molar refractivity (Wildman–Crippen MR) is 48.0 cm³/mol. The fraction of sp³-hybridized carbons (Fsp3) is 0. The van der Waals surface area contributed by atoms with Crippen LogP contribution in [0.4, 0.5) is 0 Å². The van der Waals surface area contributed by atoms with Gasteiger partial charge in [0.05, 0.1) is 0 Å². The van der Waals surface area contributed by atoms with E-state index in [0.717, 1.165) is 6.08 Å². The topological polar surface area (TPSA) is 112 Å². The smallest absolute Gasteiger partial charge is 0.328 e. The van der Waals surface area contributed by atoms with Gasteiger partial charge in [0.1, 0.15) is 0 Å². The molecular weight excluding hydrogens is 203 g/mol. The first-order valence-electron chi connectivity index (χ1n) is 2.89. The summed E-state index contributed by atoms with van der Waals surface area (Å²) >= 11 is 0. The summed E-state index contributed by atoms with van der Waals surface area (Å²) in [4.78, 5) is 28.4. The number of aliphatic carboxylic acids is 3. The Hall–Kier alpha value is -1.11. The molecule has 1 radical (unpaired) electrons. The van der Waals surface area contributed by atoms with Gasteiger partial charge in [-0.1, -0.05) is 6.58 Å². The third kappa shape index (κ3) is 30.7. The molecule has 0 aliphatic heterocycles. The monoisotopic (exact) mass is 211 g/mol. The first-order valence-corrected chi connectivity index (χ1v) is 2.89. The van der Waals surface area contributed by atoms with Crippen molar-refractivity contribution in [3.05, 3.63) is 24.8 Å². The fourth-order valence-corrected chi connectivity index (χ4v) is 0.143. The molecule has 0 heterocycles. The van der Waals surface area contributed by atoms with Gasteiger partial charge >= 0.3 is 17.9 Å². The summed E-state index contributed by atoms with van der Waals surface area (Å²) in [5.74, 6) is -3.50. The summed E-state index contributed by atoms with van der Waals surface area (Å²) in [5, 5.41) is 23.2. The van der Waals surface area contributed by atoms with Crippen molar-refractivity contribution >= 4 is 47.5 Å². The molecule has 0 unspecified atom stereocenters. The SMILES string of the molecule is C=CC(=O)O.O=C(O)/C=C\C(=O)O.[Na]. The van der Waals surface area contributed by atoms with Gasteiger partial charge in [0, 0.05) is 47.8 Å². The molecule has 0 amide bonds. The zero-order valence-corrected chi connectivity index (χ0v) is 9.51. The van der Waals surface area contributed by atoms with Crippen LogP contribution in [0.25, 0.3) is 0 Å². The average molecular weight is 211 g/mol. The Bertz CT molecular complexity index is 229. The minimum Gasteiger partial charge on any atom is -0.478 e. The van der Waals surface area contributed by atoms with Gasteiger partial charge in [-0.15, -0.1) is 0 Å². The molecule has 0 atom stereocenters. The summed E-state index contributed by atoms with van der Waals surface area (Å²) in [7, 11) is 0. The Labute approximate surface area is 102 Å². The van der Waals surface area contributed by atoms with Crippen molar-refractivity contribution in [3.8, 4) is 0 Å². The van der Waals surface area contributed by atoms with E-state index in [1.165, 1.54) is 0 Å². The van der Waals surface area contributed by atoms with E-state index in [-0.39, 0.29) is 29.6 Å². The molecule has 0 aromatic rings. The maximum Gasteiger partial charge on any atom is 0.328 e. The largest absolute Gasteiger partial charge is 0.478 e. The van der Waals surface area contributed by atoms with Gasteiger partial charge in [0.15, 0.2) is 0 Å². The third-order valence-electron chi connectivity index (χ3n) is 0.543. The third-order valence-corrected chi connectivity index (χ3v) is 0.543. The minimum atomic E-state index is -1.26. The minimum absolute atomic E-state index is 0. The molecule has 0 aromatic heterocycles. The van der Waals surface area contributed by atoms with Crippen molar-refractivity contribution in [1.29, 1.82) is 0 Å². The van der Waals surface area contributed by atoms with Crippen molar-refractivity contribution in [2.75, 3.05) is 0 Å². The van der Waals surface area contributed by atoms with E-state index in [2.05, 4.69) is 6.58 Å². The van der Waals surface area contributed by atoms with Gasteiger partial charge in [-0.3, -0.25) is 0 Å². The molecule has 0 aliphatic carbocycles. The number of hydrogen-bond donors (Lipinski definition) is 3. The molecule has 14 heavy (non-hydrogen) atoms. The van der Waals surface area contributed by atoms with E-state index in [1.54, 1.807) is 0 Å². The maximum absolute atomic E-state index is 9.55. The van der Waals surface area contributed by atoms with Crippen molar-refractivity contribution < 1.29 is 29.7 Å². The van der Waals surface area contributed by atoms with Crippen LogP contribution < -0.4 is 0 Å². The van der Waals surface area contributed by atoms with Crippen molar-refractivity contribution in [2.45, 2.75) is 0 Å². The van der Waals surface area contributed by atoms with Crippen molar-refractivity contribution in [2.24, 2.45) is 0 Å². The molecule has 73 valence electrons. The van der Waals surface area contributed by atoms with E-state index in [4.69, 9.17) is 15.3 Å². The molecule has 0 aliphatic rings. The Morgan fingerprint density at radius 2 is 1.07 bits per heavy atom. The van der Waals surface area contributed by atoms with E-state index >= 15 is 0 Å². The van der Waals surface area contributed by atoms with E-state index in [0.29, 0.717) is 12.2 Å². The molecule has 3 N–H and O–H groups in total. The summed E-state index contributed by atoms with van der Waals surface area (Å²) in [6, 6.07) is 0. The van der Waals surface area contributed by atoms with E-state index < -0.39 is 17.9 Å². The van der Waals surface area contributed by atoms with Crippen LogP contribution in [-0.4, -0.2) is 62.8 Å². The summed E-state index contributed by atoms with van der Waals surface area (Å²) in [5.41, 5.74) is 0. The number of hydrogen-bond acceptors (Lipinski definition) is 3. The maximum atomic E-state index is 9.55. The first kappa shape index (κ1) is 18.6. The molecule has 0 rings (SSSR count). The second kappa shape index (κ2) is 11.9. The number of carboxylic acid groups (broad SMARTS) is 3. The van der Waals surface area contributed by atoms with Crippen LogP contribution in [-0.2, 0) is 14.4 Å².